The summed E-state index contributed by atoms with van der Waals surface area (Å²) in [6.07, 6.45) is 0.756. The molecular formula is C15H18Cl2N2OS. The SMILES string of the molecule is COc1c(Cl)cc(CC(CN)c2nc(C)c(C)s2)cc1Cl. The number of aromatic nitrogens is 1. The predicted molar refractivity (Wildman–Crippen MR) is 90.1 cm³/mol. The van der Waals surface area contributed by atoms with E-state index in [2.05, 4.69) is 11.9 Å². The van der Waals surface area contributed by atoms with E-state index in [0.717, 1.165) is 22.7 Å². The molecule has 114 valence electrons. The second kappa shape index (κ2) is 6.97. The Morgan fingerprint density at radius 3 is 2.33 bits per heavy atom. The van der Waals surface area contributed by atoms with E-state index >= 15 is 0 Å². The maximum absolute atomic E-state index is 6.18. The number of aryl methyl sites for hydroxylation is 2. The van der Waals surface area contributed by atoms with Gasteiger partial charge in [0.2, 0.25) is 0 Å². The van der Waals surface area contributed by atoms with Crippen molar-refractivity contribution < 1.29 is 4.74 Å². The molecule has 0 aliphatic carbocycles. The van der Waals surface area contributed by atoms with Gasteiger partial charge in [0.1, 0.15) is 0 Å². The van der Waals surface area contributed by atoms with E-state index in [1.165, 1.54) is 4.88 Å². The van der Waals surface area contributed by atoms with Crippen LogP contribution in [0.1, 0.15) is 27.1 Å². The highest BCUT2D eigenvalue weighted by Crippen LogP contribution is 2.35. The Bertz CT molecular complexity index is 600. The molecule has 0 bridgehead atoms. The molecule has 0 aliphatic rings. The molecule has 0 saturated carbocycles. The molecule has 3 nitrogen and oxygen atoms in total. The predicted octanol–water partition coefficient (Wildman–Crippen LogP) is 4.36. The zero-order chi connectivity index (χ0) is 15.6. The van der Waals surface area contributed by atoms with Crippen molar-refractivity contribution in [3.63, 3.8) is 0 Å². The molecule has 1 aromatic heterocycles. The average Bonchev–Trinajstić information content (AvgIpc) is 2.75. The summed E-state index contributed by atoms with van der Waals surface area (Å²) < 4.78 is 5.17. The Balaban J connectivity index is 2.26. The van der Waals surface area contributed by atoms with Crippen molar-refractivity contribution in [3.8, 4) is 5.75 Å². The summed E-state index contributed by atoms with van der Waals surface area (Å²) in [6.45, 7) is 4.63. The zero-order valence-corrected chi connectivity index (χ0v) is 14.6. The van der Waals surface area contributed by atoms with E-state index in [4.69, 9.17) is 33.7 Å². The molecule has 0 amide bonds. The van der Waals surface area contributed by atoms with Crippen molar-refractivity contribution in [1.82, 2.24) is 4.98 Å². The van der Waals surface area contributed by atoms with Crippen LogP contribution in [0.4, 0.5) is 0 Å². The van der Waals surface area contributed by atoms with Crippen LogP contribution in [0.25, 0.3) is 0 Å². The van der Waals surface area contributed by atoms with Gasteiger partial charge in [-0.1, -0.05) is 23.2 Å². The number of benzene rings is 1. The highest BCUT2D eigenvalue weighted by molar-refractivity contribution is 7.11. The molecule has 0 spiro atoms. The van der Waals surface area contributed by atoms with Crippen LogP contribution in [-0.4, -0.2) is 18.6 Å². The van der Waals surface area contributed by atoms with Crippen molar-refractivity contribution in [3.05, 3.63) is 43.3 Å². The summed E-state index contributed by atoms with van der Waals surface area (Å²) in [4.78, 5) is 5.83. The molecule has 0 radical (unpaired) electrons. The third-order valence-corrected chi connectivity index (χ3v) is 5.22. The Kier molecular flexibility index (Phi) is 5.49. The van der Waals surface area contributed by atoms with Crippen molar-refractivity contribution in [2.24, 2.45) is 5.73 Å². The lowest BCUT2D eigenvalue weighted by Crippen LogP contribution is -2.15. The highest BCUT2D eigenvalue weighted by atomic mass is 35.5. The smallest absolute Gasteiger partial charge is 0.156 e. The van der Waals surface area contributed by atoms with E-state index < -0.39 is 0 Å². The molecule has 0 aliphatic heterocycles. The first kappa shape index (κ1) is 16.6. The first-order valence-corrected chi connectivity index (χ1v) is 8.19. The fraction of sp³-hybridized carbons (Fsp3) is 0.400. The molecule has 0 saturated heterocycles. The Morgan fingerprint density at radius 1 is 1.29 bits per heavy atom. The molecule has 1 heterocycles. The second-order valence-corrected chi connectivity index (χ2v) is 6.97. The van der Waals surface area contributed by atoms with Crippen molar-refractivity contribution in [2.75, 3.05) is 13.7 Å². The van der Waals surface area contributed by atoms with Crippen LogP contribution >= 0.6 is 34.5 Å². The minimum absolute atomic E-state index is 0.169. The summed E-state index contributed by atoms with van der Waals surface area (Å²) >= 11 is 14.1. The Labute approximate surface area is 139 Å². The van der Waals surface area contributed by atoms with Crippen LogP contribution in [0.2, 0.25) is 10.0 Å². The first-order chi connectivity index (χ1) is 9.96. The van der Waals surface area contributed by atoms with Gasteiger partial charge in [0.15, 0.2) is 5.75 Å². The van der Waals surface area contributed by atoms with Gasteiger partial charge < -0.3 is 10.5 Å². The number of nitrogens with zero attached hydrogens (tertiary/aromatic N) is 1. The van der Waals surface area contributed by atoms with Crippen LogP contribution in [0, 0.1) is 13.8 Å². The van der Waals surface area contributed by atoms with Gasteiger partial charge in [0, 0.05) is 17.3 Å². The molecule has 1 unspecified atom stereocenters. The topological polar surface area (TPSA) is 48.1 Å². The Morgan fingerprint density at radius 2 is 1.90 bits per heavy atom. The number of hydrogen-bond donors (Lipinski definition) is 1. The van der Waals surface area contributed by atoms with E-state index in [1.54, 1.807) is 18.4 Å². The monoisotopic (exact) mass is 344 g/mol. The second-order valence-electron chi connectivity index (χ2n) is 4.92. The van der Waals surface area contributed by atoms with Gasteiger partial charge in [-0.25, -0.2) is 4.98 Å². The molecule has 0 fully saturated rings. The summed E-state index contributed by atoms with van der Waals surface area (Å²) in [5, 5.41) is 2.10. The minimum Gasteiger partial charge on any atom is -0.494 e. The standard InChI is InChI=1S/C15H18Cl2N2OS/c1-8-9(2)21-15(19-8)11(7-18)4-10-5-12(16)14(20-3)13(17)6-10/h5-6,11H,4,7,18H2,1-3H3. The first-order valence-electron chi connectivity index (χ1n) is 6.62. The summed E-state index contributed by atoms with van der Waals surface area (Å²) in [5.74, 6) is 0.676. The summed E-state index contributed by atoms with van der Waals surface area (Å²) in [7, 11) is 1.55. The van der Waals surface area contributed by atoms with Crippen LogP contribution in [0.15, 0.2) is 12.1 Å². The minimum atomic E-state index is 0.169. The maximum Gasteiger partial charge on any atom is 0.156 e. The largest absolute Gasteiger partial charge is 0.494 e. The van der Waals surface area contributed by atoms with Gasteiger partial charge in [0.05, 0.1) is 27.9 Å². The number of methoxy groups -OCH3 is 1. The van der Waals surface area contributed by atoms with Gasteiger partial charge >= 0.3 is 0 Å². The normalized spacial score (nSPS) is 12.5. The fourth-order valence-corrected chi connectivity index (χ4v) is 3.88. The third-order valence-electron chi connectivity index (χ3n) is 3.42. The molecule has 6 heteroatoms. The number of hydrogen-bond acceptors (Lipinski definition) is 4. The molecule has 1 atom stereocenters. The summed E-state index contributed by atoms with van der Waals surface area (Å²) in [6, 6.07) is 3.75. The number of rotatable bonds is 5. The summed E-state index contributed by atoms with van der Waals surface area (Å²) in [5.41, 5.74) is 8.02. The molecule has 2 rings (SSSR count). The maximum atomic E-state index is 6.18. The number of nitrogens with two attached hydrogens (primary N) is 1. The number of ether oxygens (including phenoxy) is 1. The average molecular weight is 345 g/mol. The third kappa shape index (κ3) is 3.69. The van der Waals surface area contributed by atoms with E-state index in [9.17, 15) is 0 Å². The van der Waals surface area contributed by atoms with Crippen molar-refractivity contribution in [2.45, 2.75) is 26.2 Å². The zero-order valence-electron chi connectivity index (χ0n) is 12.2. The lowest BCUT2D eigenvalue weighted by atomic mass is 10.00. The molecule has 1 aromatic carbocycles. The molecule has 2 N–H and O–H groups in total. The highest BCUT2D eigenvalue weighted by Gasteiger charge is 2.18. The Hall–Kier alpha value is -0.810. The van der Waals surface area contributed by atoms with Crippen LogP contribution < -0.4 is 10.5 Å². The quantitative estimate of drug-likeness (QED) is 0.876. The van der Waals surface area contributed by atoms with Crippen LogP contribution in [0.3, 0.4) is 0 Å². The fourth-order valence-electron chi connectivity index (χ4n) is 2.15. The van der Waals surface area contributed by atoms with Crippen LogP contribution in [-0.2, 0) is 6.42 Å². The van der Waals surface area contributed by atoms with E-state index in [0.29, 0.717) is 22.3 Å². The number of thiazole rings is 1. The lowest BCUT2D eigenvalue weighted by molar-refractivity contribution is 0.415. The van der Waals surface area contributed by atoms with Crippen molar-refractivity contribution in [1.29, 1.82) is 0 Å². The van der Waals surface area contributed by atoms with E-state index in [1.807, 2.05) is 19.1 Å². The number of halogens is 2. The molecule has 2 aromatic rings. The lowest BCUT2D eigenvalue weighted by Gasteiger charge is -2.14. The van der Waals surface area contributed by atoms with Gasteiger partial charge in [-0.05, 0) is 38.0 Å². The van der Waals surface area contributed by atoms with Crippen LogP contribution in [0.5, 0.6) is 5.75 Å². The van der Waals surface area contributed by atoms with Crippen molar-refractivity contribution >= 4 is 34.5 Å². The molecule has 21 heavy (non-hydrogen) atoms. The van der Waals surface area contributed by atoms with Gasteiger partial charge in [-0.2, -0.15) is 0 Å². The van der Waals surface area contributed by atoms with E-state index in [-0.39, 0.29) is 5.92 Å². The van der Waals surface area contributed by atoms with Gasteiger partial charge in [-0.3, -0.25) is 0 Å². The molecular weight excluding hydrogens is 327 g/mol. The van der Waals surface area contributed by atoms with Gasteiger partial charge in [0.25, 0.3) is 0 Å². The van der Waals surface area contributed by atoms with Gasteiger partial charge in [-0.15, -0.1) is 11.3 Å².